The number of hydrogen-bond acceptors (Lipinski definition) is 4. The van der Waals surface area contributed by atoms with Crippen LogP contribution in [0.4, 0.5) is 4.79 Å². The number of benzene rings is 1. The molecule has 1 aromatic carbocycles. The van der Waals surface area contributed by atoms with Crippen molar-refractivity contribution in [1.29, 1.82) is 0 Å². The first-order valence-electron chi connectivity index (χ1n) is 6.46. The van der Waals surface area contributed by atoms with Gasteiger partial charge in [0.25, 0.3) is 0 Å². The van der Waals surface area contributed by atoms with Gasteiger partial charge in [-0.3, -0.25) is 0 Å². The minimum Gasteiger partial charge on any atom is -0.496 e. The minimum atomic E-state index is -0.425. The average Bonchev–Trinajstić information content (AvgIpc) is 2.85. The molecule has 2 rings (SSSR count). The maximum absolute atomic E-state index is 12.0. The Kier molecular flexibility index (Phi) is 3.88. The van der Waals surface area contributed by atoms with Gasteiger partial charge in [0, 0.05) is 11.6 Å². The molecular formula is C15H19NO4. The van der Waals surface area contributed by atoms with E-state index in [1.54, 1.807) is 27.3 Å². The highest BCUT2D eigenvalue weighted by molar-refractivity contribution is 5.99. The summed E-state index contributed by atoms with van der Waals surface area (Å²) in [5.74, 6) is 1.41. The number of hydrogen-bond donors (Lipinski definition) is 0. The fourth-order valence-corrected chi connectivity index (χ4v) is 2.43. The molecule has 0 saturated carbocycles. The fourth-order valence-electron chi connectivity index (χ4n) is 2.43. The number of fused-ring (bicyclic) bond motifs is 1. The summed E-state index contributed by atoms with van der Waals surface area (Å²) in [5, 5.41) is 0.834. The maximum Gasteiger partial charge on any atom is 0.418 e. The van der Waals surface area contributed by atoms with Crippen molar-refractivity contribution in [3.63, 3.8) is 0 Å². The second kappa shape index (κ2) is 5.45. The van der Waals surface area contributed by atoms with Crippen molar-refractivity contribution in [2.24, 2.45) is 0 Å². The quantitative estimate of drug-likeness (QED) is 0.864. The highest BCUT2D eigenvalue weighted by atomic mass is 16.5. The number of rotatable bonds is 3. The molecule has 5 heteroatoms. The first-order chi connectivity index (χ1) is 9.56. The third-order valence-electron chi connectivity index (χ3n) is 3.46. The Bertz CT molecular complexity index is 658. The topological polar surface area (TPSA) is 49.7 Å². The van der Waals surface area contributed by atoms with Gasteiger partial charge in [-0.1, -0.05) is 0 Å². The Morgan fingerprint density at radius 1 is 1.15 bits per heavy atom. The standard InChI is InChI=1S/C15H19NO4/c1-6-20-15(17)16-8-7-11-12(16)14(19-5)10(3)9(2)13(11)18-4/h7-8H,6H2,1-5H3. The zero-order valence-electron chi connectivity index (χ0n) is 12.4. The van der Waals surface area contributed by atoms with Crippen molar-refractivity contribution in [2.75, 3.05) is 20.8 Å². The predicted molar refractivity (Wildman–Crippen MR) is 76.9 cm³/mol. The molecule has 0 aliphatic heterocycles. The molecular weight excluding hydrogens is 258 g/mol. The van der Waals surface area contributed by atoms with Gasteiger partial charge in [0.15, 0.2) is 0 Å². The number of ether oxygens (including phenoxy) is 3. The van der Waals surface area contributed by atoms with Gasteiger partial charge < -0.3 is 14.2 Å². The lowest BCUT2D eigenvalue weighted by atomic mass is 10.0. The minimum absolute atomic E-state index is 0.322. The molecule has 5 nitrogen and oxygen atoms in total. The monoisotopic (exact) mass is 277 g/mol. The van der Waals surface area contributed by atoms with Crippen LogP contribution in [0.3, 0.4) is 0 Å². The summed E-state index contributed by atoms with van der Waals surface area (Å²) in [4.78, 5) is 12.0. The van der Waals surface area contributed by atoms with Crippen molar-refractivity contribution in [3.05, 3.63) is 23.4 Å². The van der Waals surface area contributed by atoms with E-state index in [1.165, 1.54) is 4.57 Å². The lowest BCUT2D eigenvalue weighted by Gasteiger charge is -2.15. The van der Waals surface area contributed by atoms with E-state index in [0.717, 1.165) is 22.3 Å². The van der Waals surface area contributed by atoms with E-state index in [4.69, 9.17) is 14.2 Å². The van der Waals surface area contributed by atoms with Gasteiger partial charge in [-0.15, -0.1) is 0 Å². The first kappa shape index (κ1) is 14.2. The summed E-state index contributed by atoms with van der Waals surface area (Å²) in [7, 11) is 3.21. The molecule has 20 heavy (non-hydrogen) atoms. The first-order valence-corrected chi connectivity index (χ1v) is 6.46. The summed E-state index contributed by atoms with van der Waals surface area (Å²) in [5.41, 5.74) is 2.62. The lowest BCUT2D eigenvalue weighted by molar-refractivity contribution is 0.155. The largest absolute Gasteiger partial charge is 0.496 e. The molecule has 0 atom stereocenters. The van der Waals surface area contributed by atoms with Crippen LogP contribution in [0.1, 0.15) is 18.1 Å². The van der Waals surface area contributed by atoms with Crippen LogP contribution in [-0.4, -0.2) is 31.5 Å². The van der Waals surface area contributed by atoms with E-state index in [1.807, 2.05) is 19.9 Å². The van der Waals surface area contributed by atoms with Gasteiger partial charge in [0.1, 0.15) is 17.0 Å². The second-order valence-corrected chi connectivity index (χ2v) is 4.46. The number of carbonyl (C=O) groups is 1. The van der Waals surface area contributed by atoms with Crippen molar-refractivity contribution in [2.45, 2.75) is 20.8 Å². The molecule has 1 heterocycles. The summed E-state index contributed by atoms with van der Waals surface area (Å²) in [6, 6.07) is 1.83. The third-order valence-corrected chi connectivity index (χ3v) is 3.46. The van der Waals surface area contributed by atoms with Gasteiger partial charge in [0.2, 0.25) is 0 Å². The number of carbonyl (C=O) groups excluding carboxylic acids is 1. The van der Waals surface area contributed by atoms with E-state index in [-0.39, 0.29) is 0 Å². The van der Waals surface area contributed by atoms with E-state index >= 15 is 0 Å². The summed E-state index contributed by atoms with van der Waals surface area (Å²) < 4.78 is 17.5. The van der Waals surface area contributed by atoms with Gasteiger partial charge in [-0.2, -0.15) is 0 Å². The van der Waals surface area contributed by atoms with Crippen LogP contribution >= 0.6 is 0 Å². The van der Waals surface area contributed by atoms with E-state index in [9.17, 15) is 4.79 Å². The molecule has 2 aromatic rings. The van der Waals surface area contributed by atoms with Crippen LogP contribution in [0.15, 0.2) is 12.3 Å². The average molecular weight is 277 g/mol. The molecule has 0 radical (unpaired) electrons. The second-order valence-electron chi connectivity index (χ2n) is 4.46. The lowest BCUT2D eigenvalue weighted by Crippen LogP contribution is -2.13. The van der Waals surface area contributed by atoms with Crippen LogP contribution in [0.25, 0.3) is 10.9 Å². The maximum atomic E-state index is 12.0. The molecule has 108 valence electrons. The van der Waals surface area contributed by atoms with E-state index in [0.29, 0.717) is 17.9 Å². The molecule has 0 N–H and O–H groups in total. The van der Waals surface area contributed by atoms with E-state index in [2.05, 4.69) is 0 Å². The van der Waals surface area contributed by atoms with Crippen molar-refractivity contribution >= 4 is 17.0 Å². The van der Waals surface area contributed by atoms with E-state index < -0.39 is 6.09 Å². The van der Waals surface area contributed by atoms with Crippen molar-refractivity contribution in [1.82, 2.24) is 4.57 Å². The Labute approximate surface area is 118 Å². The van der Waals surface area contributed by atoms with Crippen molar-refractivity contribution < 1.29 is 19.0 Å². The molecule has 1 aromatic heterocycles. The Morgan fingerprint density at radius 3 is 2.30 bits per heavy atom. The number of methoxy groups -OCH3 is 2. The van der Waals surface area contributed by atoms with Gasteiger partial charge in [0.05, 0.1) is 20.8 Å². The van der Waals surface area contributed by atoms with Gasteiger partial charge in [-0.25, -0.2) is 9.36 Å². The van der Waals surface area contributed by atoms with Gasteiger partial charge >= 0.3 is 6.09 Å². The SMILES string of the molecule is CCOC(=O)n1ccc2c(OC)c(C)c(C)c(OC)c21. The summed E-state index contributed by atoms with van der Waals surface area (Å²) in [6.07, 6.45) is 1.25. The zero-order valence-corrected chi connectivity index (χ0v) is 12.4. The molecule has 0 aliphatic rings. The molecule has 0 unspecified atom stereocenters. The molecule has 0 aliphatic carbocycles. The highest BCUT2D eigenvalue weighted by Crippen LogP contribution is 2.40. The predicted octanol–water partition coefficient (Wildman–Crippen LogP) is 3.28. The molecule has 0 spiro atoms. The normalized spacial score (nSPS) is 10.7. The summed E-state index contributed by atoms with van der Waals surface area (Å²) >= 11 is 0. The Hall–Kier alpha value is -2.17. The molecule has 0 bridgehead atoms. The van der Waals surface area contributed by atoms with Crippen molar-refractivity contribution in [3.8, 4) is 11.5 Å². The van der Waals surface area contributed by atoms with Gasteiger partial charge in [-0.05, 0) is 38.0 Å². The molecule has 0 amide bonds. The number of nitrogens with zero attached hydrogens (tertiary/aromatic N) is 1. The smallest absolute Gasteiger partial charge is 0.418 e. The highest BCUT2D eigenvalue weighted by Gasteiger charge is 2.21. The van der Waals surface area contributed by atoms with Crippen LogP contribution < -0.4 is 9.47 Å². The Balaban J connectivity index is 2.82. The summed E-state index contributed by atoms with van der Waals surface area (Å²) in [6.45, 7) is 6.01. The van der Waals surface area contributed by atoms with Crippen LogP contribution in [-0.2, 0) is 4.74 Å². The fraction of sp³-hybridized carbons (Fsp3) is 0.400. The zero-order chi connectivity index (χ0) is 14.9. The third kappa shape index (κ3) is 1.99. The van der Waals surface area contributed by atoms with Crippen LogP contribution in [0.5, 0.6) is 11.5 Å². The molecule has 0 fully saturated rings. The Morgan fingerprint density at radius 2 is 1.75 bits per heavy atom. The van der Waals surface area contributed by atoms with Crippen LogP contribution in [0.2, 0.25) is 0 Å². The molecule has 0 saturated heterocycles. The number of aromatic nitrogens is 1. The van der Waals surface area contributed by atoms with Crippen LogP contribution in [0, 0.1) is 13.8 Å².